The average Bonchev–Trinajstić information content (AvgIpc) is 2.89. The molecule has 2 aliphatic rings. The van der Waals surface area contributed by atoms with Gasteiger partial charge in [-0.1, -0.05) is 6.42 Å². The summed E-state index contributed by atoms with van der Waals surface area (Å²) in [7, 11) is 0. The molecule has 2 rings (SSSR count). The molecule has 1 aliphatic heterocycles. The number of carbonyl (C=O) groups is 1. The fourth-order valence-corrected chi connectivity index (χ4v) is 2.88. The molecule has 0 bridgehead atoms. The maximum atomic E-state index is 12.0. The Balaban J connectivity index is 1.71. The molecule has 0 aromatic carbocycles. The summed E-state index contributed by atoms with van der Waals surface area (Å²) in [6.07, 6.45) is 5.42. The lowest BCUT2D eigenvalue weighted by atomic mass is 9.81. The molecule has 1 amide bonds. The number of carbonyl (C=O) groups excluding carboxylic acids is 1. The van der Waals surface area contributed by atoms with Crippen molar-refractivity contribution in [1.82, 2.24) is 5.32 Å². The molecule has 17 heavy (non-hydrogen) atoms. The molecular formula is C13H24N2O2. The first-order valence-corrected chi connectivity index (χ1v) is 6.85. The van der Waals surface area contributed by atoms with Gasteiger partial charge in [0.25, 0.3) is 0 Å². The first-order chi connectivity index (χ1) is 8.29. The van der Waals surface area contributed by atoms with Crippen molar-refractivity contribution in [2.24, 2.45) is 23.5 Å². The van der Waals surface area contributed by atoms with Crippen molar-refractivity contribution in [1.29, 1.82) is 0 Å². The van der Waals surface area contributed by atoms with Gasteiger partial charge >= 0.3 is 0 Å². The van der Waals surface area contributed by atoms with Gasteiger partial charge in [0.15, 0.2) is 0 Å². The molecule has 4 nitrogen and oxygen atoms in total. The van der Waals surface area contributed by atoms with Gasteiger partial charge in [0, 0.05) is 25.0 Å². The molecule has 0 spiro atoms. The molecule has 1 saturated carbocycles. The van der Waals surface area contributed by atoms with Crippen LogP contribution in [0.3, 0.4) is 0 Å². The topological polar surface area (TPSA) is 64.4 Å². The summed E-state index contributed by atoms with van der Waals surface area (Å²) >= 11 is 0. The number of hydrogen-bond acceptors (Lipinski definition) is 3. The van der Waals surface area contributed by atoms with Gasteiger partial charge in [0.1, 0.15) is 0 Å². The zero-order valence-corrected chi connectivity index (χ0v) is 10.5. The monoisotopic (exact) mass is 240 g/mol. The van der Waals surface area contributed by atoms with Crippen LogP contribution in [0.1, 0.15) is 32.1 Å². The molecular weight excluding hydrogens is 216 g/mol. The quantitative estimate of drug-likeness (QED) is 0.767. The van der Waals surface area contributed by atoms with Gasteiger partial charge in [-0.2, -0.15) is 0 Å². The summed E-state index contributed by atoms with van der Waals surface area (Å²) in [5.74, 6) is 1.50. The Morgan fingerprint density at radius 2 is 2.18 bits per heavy atom. The number of nitrogens with two attached hydrogens (primary N) is 1. The van der Waals surface area contributed by atoms with Crippen LogP contribution in [0.4, 0.5) is 0 Å². The maximum absolute atomic E-state index is 12.0. The van der Waals surface area contributed by atoms with Crippen LogP contribution < -0.4 is 11.1 Å². The number of nitrogens with one attached hydrogen (secondary N) is 1. The summed E-state index contributed by atoms with van der Waals surface area (Å²) < 4.78 is 5.30. The Morgan fingerprint density at radius 3 is 2.88 bits per heavy atom. The fraction of sp³-hybridized carbons (Fsp3) is 0.923. The van der Waals surface area contributed by atoms with Crippen molar-refractivity contribution in [3.05, 3.63) is 0 Å². The third-order valence-electron chi connectivity index (χ3n) is 4.08. The Labute approximate surface area is 103 Å². The van der Waals surface area contributed by atoms with E-state index < -0.39 is 0 Å². The van der Waals surface area contributed by atoms with Gasteiger partial charge in [-0.3, -0.25) is 4.79 Å². The van der Waals surface area contributed by atoms with Gasteiger partial charge in [0.05, 0.1) is 6.61 Å². The van der Waals surface area contributed by atoms with E-state index in [1.54, 1.807) is 0 Å². The Hall–Kier alpha value is -0.610. The standard InChI is InChI=1S/C13H24N2O2/c14-7-10-2-1-3-12(6-10)13(16)15-8-11-4-5-17-9-11/h10-12H,1-9,14H2,(H,15,16). The minimum atomic E-state index is 0.194. The highest BCUT2D eigenvalue weighted by atomic mass is 16.5. The molecule has 0 aromatic rings. The molecule has 1 saturated heterocycles. The number of hydrogen-bond donors (Lipinski definition) is 2. The van der Waals surface area contributed by atoms with Gasteiger partial charge in [-0.05, 0) is 38.1 Å². The highest BCUT2D eigenvalue weighted by Gasteiger charge is 2.27. The molecule has 1 heterocycles. The summed E-state index contributed by atoms with van der Waals surface area (Å²) in [4.78, 5) is 12.0. The van der Waals surface area contributed by atoms with Crippen LogP contribution in [-0.2, 0) is 9.53 Å². The lowest BCUT2D eigenvalue weighted by Gasteiger charge is -2.27. The SMILES string of the molecule is NCC1CCCC(C(=O)NCC2CCOC2)C1. The highest BCUT2D eigenvalue weighted by molar-refractivity contribution is 5.78. The lowest BCUT2D eigenvalue weighted by molar-refractivity contribution is -0.126. The second-order valence-corrected chi connectivity index (χ2v) is 5.44. The van der Waals surface area contributed by atoms with E-state index in [0.29, 0.717) is 11.8 Å². The van der Waals surface area contributed by atoms with E-state index in [0.717, 1.165) is 52.0 Å². The first kappa shape index (κ1) is 12.8. The zero-order valence-electron chi connectivity index (χ0n) is 10.5. The Bertz CT molecular complexity index is 252. The summed E-state index contributed by atoms with van der Waals surface area (Å²) in [5, 5.41) is 3.08. The van der Waals surface area contributed by atoms with E-state index in [-0.39, 0.29) is 11.8 Å². The van der Waals surface area contributed by atoms with Crippen LogP contribution >= 0.6 is 0 Å². The van der Waals surface area contributed by atoms with Crippen LogP contribution in [0.25, 0.3) is 0 Å². The van der Waals surface area contributed by atoms with Crippen molar-refractivity contribution in [3.63, 3.8) is 0 Å². The van der Waals surface area contributed by atoms with Crippen molar-refractivity contribution in [3.8, 4) is 0 Å². The molecule has 0 radical (unpaired) electrons. The molecule has 3 N–H and O–H groups in total. The molecule has 98 valence electrons. The molecule has 3 unspecified atom stereocenters. The van der Waals surface area contributed by atoms with Crippen LogP contribution in [0, 0.1) is 17.8 Å². The average molecular weight is 240 g/mol. The van der Waals surface area contributed by atoms with Gasteiger partial charge in [0.2, 0.25) is 5.91 Å². The highest BCUT2D eigenvalue weighted by Crippen LogP contribution is 2.28. The molecule has 1 aliphatic carbocycles. The van der Waals surface area contributed by atoms with Crippen molar-refractivity contribution >= 4 is 5.91 Å². The van der Waals surface area contributed by atoms with Crippen molar-refractivity contribution in [2.45, 2.75) is 32.1 Å². The van der Waals surface area contributed by atoms with Crippen LogP contribution in [0.15, 0.2) is 0 Å². The number of ether oxygens (including phenoxy) is 1. The van der Waals surface area contributed by atoms with Crippen LogP contribution in [-0.4, -0.2) is 32.2 Å². The first-order valence-electron chi connectivity index (χ1n) is 6.85. The normalized spacial score (nSPS) is 33.6. The molecule has 2 fully saturated rings. The van der Waals surface area contributed by atoms with E-state index in [1.165, 1.54) is 6.42 Å². The molecule has 3 atom stereocenters. The Kier molecular flexibility index (Phi) is 4.80. The van der Waals surface area contributed by atoms with E-state index in [4.69, 9.17) is 10.5 Å². The van der Waals surface area contributed by atoms with Crippen LogP contribution in [0.5, 0.6) is 0 Å². The van der Waals surface area contributed by atoms with Crippen molar-refractivity contribution in [2.75, 3.05) is 26.3 Å². The summed E-state index contributed by atoms with van der Waals surface area (Å²) in [6, 6.07) is 0. The smallest absolute Gasteiger partial charge is 0.223 e. The number of rotatable bonds is 4. The largest absolute Gasteiger partial charge is 0.381 e. The number of amides is 1. The second kappa shape index (κ2) is 6.36. The van der Waals surface area contributed by atoms with E-state index in [2.05, 4.69) is 5.32 Å². The molecule has 0 aromatic heterocycles. The fourth-order valence-electron chi connectivity index (χ4n) is 2.88. The summed E-state index contributed by atoms with van der Waals surface area (Å²) in [5.41, 5.74) is 5.69. The van der Waals surface area contributed by atoms with Gasteiger partial charge in [-0.25, -0.2) is 0 Å². The summed E-state index contributed by atoms with van der Waals surface area (Å²) in [6.45, 7) is 3.15. The second-order valence-electron chi connectivity index (χ2n) is 5.44. The minimum absolute atomic E-state index is 0.194. The molecule has 4 heteroatoms. The van der Waals surface area contributed by atoms with Crippen molar-refractivity contribution < 1.29 is 9.53 Å². The third kappa shape index (κ3) is 3.68. The van der Waals surface area contributed by atoms with Crippen LogP contribution in [0.2, 0.25) is 0 Å². The predicted molar refractivity (Wildman–Crippen MR) is 66.4 cm³/mol. The Morgan fingerprint density at radius 1 is 1.29 bits per heavy atom. The lowest BCUT2D eigenvalue weighted by Crippen LogP contribution is -2.37. The van der Waals surface area contributed by atoms with Gasteiger partial charge in [-0.15, -0.1) is 0 Å². The minimum Gasteiger partial charge on any atom is -0.381 e. The van der Waals surface area contributed by atoms with Gasteiger partial charge < -0.3 is 15.8 Å². The van der Waals surface area contributed by atoms with E-state index in [1.807, 2.05) is 0 Å². The zero-order chi connectivity index (χ0) is 12.1. The maximum Gasteiger partial charge on any atom is 0.223 e. The predicted octanol–water partition coefficient (Wildman–Crippen LogP) is 0.904. The third-order valence-corrected chi connectivity index (χ3v) is 4.08. The van der Waals surface area contributed by atoms with E-state index >= 15 is 0 Å². The van der Waals surface area contributed by atoms with E-state index in [9.17, 15) is 4.79 Å².